The molecular formula is C18H17N3O4. The minimum Gasteiger partial charge on any atom is -0.508 e. The van der Waals surface area contributed by atoms with Crippen LogP contribution in [0, 0.1) is 0 Å². The quantitative estimate of drug-likeness (QED) is 0.617. The van der Waals surface area contributed by atoms with Crippen molar-refractivity contribution in [3.63, 3.8) is 0 Å². The summed E-state index contributed by atoms with van der Waals surface area (Å²) in [5.74, 6) is -0.919. The number of carbonyl (C=O) groups excluding carboxylic acids is 1. The van der Waals surface area contributed by atoms with Gasteiger partial charge in [-0.05, 0) is 18.6 Å². The van der Waals surface area contributed by atoms with Crippen molar-refractivity contribution in [2.24, 2.45) is 0 Å². The Bertz CT molecular complexity index is 874. The number of benzene rings is 2. The Morgan fingerprint density at radius 1 is 1.20 bits per heavy atom. The highest BCUT2D eigenvalue weighted by Crippen LogP contribution is 2.30. The third kappa shape index (κ3) is 3.60. The van der Waals surface area contributed by atoms with Gasteiger partial charge in [0.05, 0.1) is 12.2 Å². The van der Waals surface area contributed by atoms with Gasteiger partial charge in [0.1, 0.15) is 17.2 Å². The first-order valence-corrected chi connectivity index (χ1v) is 7.76. The number of H-pyrrole nitrogens is 1. The molecule has 0 aliphatic rings. The average molecular weight is 339 g/mol. The monoisotopic (exact) mass is 339 g/mol. The molecule has 0 aliphatic heterocycles. The van der Waals surface area contributed by atoms with Crippen molar-refractivity contribution in [1.82, 2.24) is 15.4 Å². The van der Waals surface area contributed by atoms with Gasteiger partial charge in [0.2, 0.25) is 0 Å². The highest BCUT2D eigenvalue weighted by atomic mass is 16.5. The molecule has 1 aromatic heterocycles. The van der Waals surface area contributed by atoms with Crippen LogP contribution in [0.4, 0.5) is 0 Å². The Morgan fingerprint density at radius 3 is 2.60 bits per heavy atom. The lowest BCUT2D eigenvalue weighted by Crippen LogP contribution is -2.09. The molecule has 0 bridgehead atoms. The maximum atomic E-state index is 12.1. The number of hydrogen-bond acceptors (Lipinski definition) is 6. The van der Waals surface area contributed by atoms with Crippen molar-refractivity contribution in [3.8, 4) is 22.8 Å². The fraction of sp³-hybridized carbons (Fsp3) is 0.167. The molecule has 0 spiro atoms. The summed E-state index contributed by atoms with van der Waals surface area (Å²) >= 11 is 0. The molecular weight excluding hydrogens is 322 g/mol. The summed E-state index contributed by atoms with van der Waals surface area (Å²) in [6.45, 7) is 1.91. The van der Waals surface area contributed by atoms with Gasteiger partial charge in [0.25, 0.3) is 0 Å². The Hall–Kier alpha value is -3.35. The molecule has 7 heteroatoms. The first kappa shape index (κ1) is 16.5. The number of phenols is 2. The number of ether oxygens (including phenoxy) is 1. The summed E-state index contributed by atoms with van der Waals surface area (Å²) in [5, 5.41) is 30.1. The number of hydrogen-bond donors (Lipinski definition) is 3. The van der Waals surface area contributed by atoms with Crippen LogP contribution in [0.2, 0.25) is 0 Å². The number of esters is 1. The zero-order chi connectivity index (χ0) is 17.8. The molecule has 0 saturated heterocycles. The highest BCUT2D eigenvalue weighted by Gasteiger charge is 2.18. The van der Waals surface area contributed by atoms with E-state index in [1.807, 2.05) is 24.3 Å². The van der Waals surface area contributed by atoms with Crippen molar-refractivity contribution >= 4 is 5.97 Å². The summed E-state index contributed by atoms with van der Waals surface area (Å²) in [4.78, 5) is 12.1. The fourth-order valence-electron chi connectivity index (χ4n) is 2.56. The lowest BCUT2D eigenvalue weighted by Gasteiger charge is -2.12. The minimum atomic E-state index is -0.581. The largest absolute Gasteiger partial charge is 0.508 e. The summed E-state index contributed by atoms with van der Waals surface area (Å²) in [5.41, 5.74) is 3.08. The zero-order valence-electron chi connectivity index (χ0n) is 13.6. The van der Waals surface area contributed by atoms with Gasteiger partial charge in [-0.15, -0.1) is 5.10 Å². The van der Waals surface area contributed by atoms with Crippen molar-refractivity contribution < 1.29 is 19.7 Å². The first-order chi connectivity index (χ1) is 12.1. The zero-order valence-corrected chi connectivity index (χ0v) is 13.6. The van der Waals surface area contributed by atoms with E-state index >= 15 is 0 Å². The molecule has 7 nitrogen and oxygen atoms in total. The normalized spacial score (nSPS) is 10.6. The predicted octanol–water partition coefficient (Wildman–Crippen LogP) is 2.65. The number of aromatic nitrogens is 3. The molecule has 128 valence electrons. The van der Waals surface area contributed by atoms with Crippen molar-refractivity contribution in [3.05, 3.63) is 59.3 Å². The van der Waals surface area contributed by atoms with Crippen LogP contribution in [0.1, 0.15) is 28.4 Å². The number of rotatable bonds is 5. The van der Waals surface area contributed by atoms with E-state index in [-0.39, 0.29) is 23.7 Å². The molecule has 25 heavy (non-hydrogen) atoms. The van der Waals surface area contributed by atoms with E-state index in [1.54, 1.807) is 13.1 Å². The van der Waals surface area contributed by atoms with Gasteiger partial charge < -0.3 is 14.9 Å². The smallest absolute Gasteiger partial charge is 0.338 e. The van der Waals surface area contributed by atoms with E-state index in [0.29, 0.717) is 12.0 Å². The van der Waals surface area contributed by atoms with E-state index in [2.05, 4.69) is 15.4 Å². The molecule has 3 N–H and O–H groups in total. The maximum Gasteiger partial charge on any atom is 0.338 e. The van der Waals surface area contributed by atoms with Crippen molar-refractivity contribution in [1.29, 1.82) is 0 Å². The fourth-order valence-corrected chi connectivity index (χ4v) is 2.56. The molecule has 3 rings (SSSR count). The summed E-state index contributed by atoms with van der Waals surface area (Å²) < 4.78 is 5.00. The van der Waals surface area contributed by atoms with E-state index < -0.39 is 5.97 Å². The molecule has 1 heterocycles. The van der Waals surface area contributed by atoms with Gasteiger partial charge in [-0.1, -0.05) is 29.5 Å². The number of carbonyl (C=O) groups is 1. The van der Waals surface area contributed by atoms with Crippen LogP contribution in [0.3, 0.4) is 0 Å². The molecule has 0 fully saturated rings. The molecule has 0 saturated carbocycles. The number of aromatic hydroxyl groups is 2. The summed E-state index contributed by atoms with van der Waals surface area (Å²) in [7, 11) is 0. The van der Waals surface area contributed by atoms with Gasteiger partial charge >= 0.3 is 5.97 Å². The highest BCUT2D eigenvalue weighted by molar-refractivity contribution is 5.92. The second-order valence-corrected chi connectivity index (χ2v) is 5.44. The lowest BCUT2D eigenvalue weighted by atomic mass is 9.97. The SMILES string of the molecule is CCOC(=O)c1cc(O)cc(O)c1Cc1ccc(-c2c[nH]nn2)cc1. The predicted molar refractivity (Wildman–Crippen MR) is 90.4 cm³/mol. The van der Waals surface area contributed by atoms with Crippen LogP contribution in [-0.4, -0.2) is 38.2 Å². The van der Waals surface area contributed by atoms with E-state index in [1.165, 1.54) is 12.1 Å². The number of nitrogens with one attached hydrogen (secondary N) is 1. The van der Waals surface area contributed by atoms with Gasteiger partial charge in [-0.3, -0.25) is 5.10 Å². The molecule has 3 aromatic rings. The van der Waals surface area contributed by atoms with Gasteiger partial charge in [-0.2, -0.15) is 0 Å². The van der Waals surface area contributed by atoms with Crippen LogP contribution in [-0.2, 0) is 11.2 Å². The molecule has 2 aromatic carbocycles. The second kappa shape index (κ2) is 7.04. The van der Waals surface area contributed by atoms with E-state index in [0.717, 1.165) is 16.8 Å². The standard InChI is InChI=1S/C18H17N3O4/c1-2-25-18(24)15-8-13(22)9-17(23)14(15)7-11-3-5-12(6-4-11)16-10-19-21-20-16/h3-6,8-10,22-23H,2,7H2,1H3,(H,19,20,21). The number of aromatic amines is 1. The lowest BCUT2D eigenvalue weighted by molar-refractivity contribution is 0.0524. The molecule has 0 unspecified atom stereocenters. The average Bonchev–Trinajstić information content (AvgIpc) is 3.12. The Kier molecular flexibility index (Phi) is 4.65. The molecule has 0 aliphatic carbocycles. The Balaban J connectivity index is 1.90. The van der Waals surface area contributed by atoms with Crippen LogP contribution >= 0.6 is 0 Å². The second-order valence-electron chi connectivity index (χ2n) is 5.44. The van der Waals surface area contributed by atoms with Crippen LogP contribution < -0.4 is 0 Å². The van der Waals surface area contributed by atoms with E-state index in [9.17, 15) is 15.0 Å². The van der Waals surface area contributed by atoms with Crippen LogP contribution in [0.25, 0.3) is 11.3 Å². The molecule has 0 amide bonds. The van der Waals surface area contributed by atoms with Crippen molar-refractivity contribution in [2.75, 3.05) is 6.61 Å². The molecule has 0 atom stereocenters. The third-order valence-electron chi connectivity index (χ3n) is 3.75. The summed E-state index contributed by atoms with van der Waals surface area (Å²) in [6.07, 6.45) is 2.01. The van der Waals surface area contributed by atoms with E-state index in [4.69, 9.17) is 4.74 Å². The van der Waals surface area contributed by atoms with Crippen LogP contribution in [0.5, 0.6) is 11.5 Å². The van der Waals surface area contributed by atoms with Crippen molar-refractivity contribution in [2.45, 2.75) is 13.3 Å². The Labute approximate surface area is 143 Å². The van der Waals surface area contributed by atoms with Crippen LogP contribution in [0.15, 0.2) is 42.6 Å². The maximum absolute atomic E-state index is 12.1. The number of phenolic OH excluding ortho intramolecular Hbond substituents is 2. The topological polar surface area (TPSA) is 108 Å². The molecule has 0 radical (unpaired) electrons. The first-order valence-electron chi connectivity index (χ1n) is 7.76. The third-order valence-corrected chi connectivity index (χ3v) is 3.75. The Morgan fingerprint density at radius 2 is 1.96 bits per heavy atom. The van der Waals surface area contributed by atoms with Gasteiger partial charge in [0.15, 0.2) is 0 Å². The number of nitrogens with zero attached hydrogens (tertiary/aromatic N) is 2. The van der Waals surface area contributed by atoms with Gasteiger partial charge in [0, 0.05) is 29.8 Å². The summed E-state index contributed by atoms with van der Waals surface area (Å²) in [6, 6.07) is 10.0. The van der Waals surface area contributed by atoms with Gasteiger partial charge in [-0.25, -0.2) is 4.79 Å². The minimum absolute atomic E-state index is 0.149.